The summed E-state index contributed by atoms with van der Waals surface area (Å²) < 4.78 is 5.75. The Morgan fingerprint density at radius 1 is 1.42 bits per heavy atom. The molecule has 1 fully saturated rings. The zero-order valence-corrected chi connectivity index (χ0v) is 14.6. The van der Waals surface area contributed by atoms with E-state index in [-0.39, 0.29) is 25.0 Å². The number of rotatable bonds is 4. The molecule has 0 aliphatic carbocycles. The first-order valence-electron chi connectivity index (χ1n) is 8.83. The maximum absolute atomic E-state index is 13.1. The molecular weight excluding hydrogens is 334 g/mol. The molecule has 0 radical (unpaired) electrons. The number of H-pyrrole nitrogens is 1. The number of aromatic amines is 1. The number of nitrogens with zero attached hydrogens (tertiary/aromatic N) is 2. The van der Waals surface area contributed by atoms with Crippen molar-refractivity contribution in [2.75, 3.05) is 19.7 Å². The Hall–Kier alpha value is -2.83. The highest BCUT2D eigenvalue weighted by Gasteiger charge is 2.57. The molecule has 0 spiro atoms. The van der Waals surface area contributed by atoms with Gasteiger partial charge in [-0.05, 0) is 12.5 Å². The maximum Gasteiger partial charge on any atom is 0.315 e. The quantitative estimate of drug-likeness (QED) is 0.875. The molecule has 1 aromatic carbocycles. The Morgan fingerprint density at radius 2 is 2.23 bits per heavy atom. The number of carboxylic acid groups (broad SMARTS) is 1. The number of para-hydroxylation sites is 1. The second-order valence-corrected chi connectivity index (χ2v) is 7.04. The summed E-state index contributed by atoms with van der Waals surface area (Å²) >= 11 is 0. The van der Waals surface area contributed by atoms with Gasteiger partial charge >= 0.3 is 5.97 Å². The fourth-order valence-corrected chi connectivity index (χ4v) is 4.10. The molecule has 2 aliphatic heterocycles. The Balaban J connectivity index is 1.69. The number of amides is 1. The molecule has 2 N–H and O–H groups in total. The highest BCUT2D eigenvalue weighted by molar-refractivity contribution is 5.96. The van der Waals surface area contributed by atoms with Crippen molar-refractivity contribution in [3.8, 4) is 5.75 Å². The second kappa shape index (κ2) is 6.16. The second-order valence-electron chi connectivity index (χ2n) is 7.04. The van der Waals surface area contributed by atoms with E-state index in [0.717, 1.165) is 24.1 Å². The number of carbonyl (C=O) groups excluding carboxylic acids is 1. The van der Waals surface area contributed by atoms with Crippen LogP contribution in [0.25, 0.3) is 0 Å². The van der Waals surface area contributed by atoms with E-state index in [1.165, 1.54) is 6.20 Å². The van der Waals surface area contributed by atoms with Crippen LogP contribution in [0.1, 0.15) is 40.9 Å². The lowest BCUT2D eigenvalue weighted by Gasteiger charge is -2.35. The molecule has 1 saturated heterocycles. The number of aromatic nitrogens is 2. The number of hydrogen-bond donors (Lipinski definition) is 2. The normalized spacial score (nSPS) is 23.9. The summed E-state index contributed by atoms with van der Waals surface area (Å²) in [5.74, 6) is -0.669. The molecule has 0 bridgehead atoms. The standard InChI is InChI=1S/C19H21N3O4/c1-2-5-15-13(8-20-21-15)17(23)22-9-14-12-6-3-4-7-16(12)26-11-19(14,10-22)18(24)25/h3-4,6-8,14H,2,5,9-11H2,1H3,(H,20,21)(H,24,25)/t14?,19-/m1/s1. The van der Waals surface area contributed by atoms with Crippen molar-refractivity contribution in [3.05, 3.63) is 47.3 Å². The lowest BCUT2D eigenvalue weighted by molar-refractivity contribution is -0.151. The molecule has 2 aromatic rings. The van der Waals surface area contributed by atoms with Crippen LogP contribution in [0.3, 0.4) is 0 Å². The first-order chi connectivity index (χ1) is 12.6. The number of ether oxygens (including phenoxy) is 1. The summed E-state index contributed by atoms with van der Waals surface area (Å²) in [5.41, 5.74) is 1.07. The van der Waals surface area contributed by atoms with E-state index in [1.54, 1.807) is 4.90 Å². The van der Waals surface area contributed by atoms with Crippen molar-refractivity contribution >= 4 is 11.9 Å². The smallest absolute Gasteiger partial charge is 0.315 e. The predicted molar refractivity (Wildman–Crippen MR) is 93.2 cm³/mol. The number of benzene rings is 1. The Bertz CT molecular complexity index is 862. The van der Waals surface area contributed by atoms with Crippen molar-refractivity contribution in [2.45, 2.75) is 25.7 Å². The fourth-order valence-electron chi connectivity index (χ4n) is 4.10. The minimum absolute atomic E-state index is 0.0704. The van der Waals surface area contributed by atoms with Crippen molar-refractivity contribution < 1.29 is 19.4 Å². The van der Waals surface area contributed by atoms with Gasteiger partial charge in [0.15, 0.2) is 0 Å². The molecule has 136 valence electrons. The van der Waals surface area contributed by atoms with Crippen LogP contribution in [-0.4, -0.2) is 51.8 Å². The first-order valence-corrected chi connectivity index (χ1v) is 8.83. The summed E-state index contributed by atoms with van der Waals surface area (Å²) in [6.45, 7) is 2.60. The molecule has 26 heavy (non-hydrogen) atoms. The molecule has 7 nitrogen and oxygen atoms in total. The third kappa shape index (κ3) is 2.38. The molecular formula is C19H21N3O4. The van der Waals surface area contributed by atoms with Crippen LogP contribution in [0.4, 0.5) is 0 Å². The summed E-state index contributed by atoms with van der Waals surface area (Å²) in [6.07, 6.45) is 3.16. The van der Waals surface area contributed by atoms with Crippen molar-refractivity contribution in [2.24, 2.45) is 5.41 Å². The maximum atomic E-state index is 13.1. The van der Waals surface area contributed by atoms with Gasteiger partial charge in [0, 0.05) is 30.3 Å². The first kappa shape index (κ1) is 16.6. The number of nitrogens with one attached hydrogen (secondary N) is 1. The number of aryl methyl sites for hydroxylation is 1. The number of carbonyl (C=O) groups is 2. The van der Waals surface area contributed by atoms with Crippen LogP contribution in [0.5, 0.6) is 5.75 Å². The number of likely N-dealkylation sites (tertiary alicyclic amines) is 1. The Morgan fingerprint density at radius 3 is 3.00 bits per heavy atom. The Labute approximate surface area is 151 Å². The van der Waals surface area contributed by atoms with Crippen LogP contribution in [0.2, 0.25) is 0 Å². The fraction of sp³-hybridized carbons (Fsp3) is 0.421. The van der Waals surface area contributed by atoms with Gasteiger partial charge in [0.2, 0.25) is 0 Å². The summed E-state index contributed by atoms with van der Waals surface area (Å²) in [6, 6.07) is 7.49. The molecule has 2 aliphatic rings. The number of hydrogen-bond acceptors (Lipinski definition) is 4. The average Bonchev–Trinajstić information content (AvgIpc) is 3.26. The van der Waals surface area contributed by atoms with Crippen LogP contribution in [-0.2, 0) is 11.2 Å². The van der Waals surface area contributed by atoms with Gasteiger partial charge in [0.25, 0.3) is 5.91 Å². The van der Waals surface area contributed by atoms with Gasteiger partial charge < -0.3 is 14.7 Å². The molecule has 1 amide bonds. The summed E-state index contributed by atoms with van der Waals surface area (Å²) in [4.78, 5) is 26.8. The molecule has 2 atom stereocenters. The molecule has 3 heterocycles. The summed E-state index contributed by atoms with van der Waals surface area (Å²) in [7, 11) is 0. The third-order valence-electron chi connectivity index (χ3n) is 5.48. The van der Waals surface area contributed by atoms with E-state index in [1.807, 2.05) is 31.2 Å². The lowest BCUT2D eigenvalue weighted by Crippen LogP contribution is -2.46. The molecule has 7 heteroatoms. The van der Waals surface area contributed by atoms with Gasteiger partial charge in [-0.1, -0.05) is 31.5 Å². The van der Waals surface area contributed by atoms with Crippen LogP contribution >= 0.6 is 0 Å². The monoisotopic (exact) mass is 355 g/mol. The van der Waals surface area contributed by atoms with E-state index in [4.69, 9.17) is 4.74 Å². The van der Waals surface area contributed by atoms with Gasteiger partial charge in [-0.15, -0.1) is 0 Å². The minimum Gasteiger partial charge on any atom is -0.492 e. The molecule has 0 saturated carbocycles. The van der Waals surface area contributed by atoms with Crippen LogP contribution in [0, 0.1) is 5.41 Å². The van der Waals surface area contributed by atoms with Crippen molar-refractivity contribution in [3.63, 3.8) is 0 Å². The molecule has 1 unspecified atom stereocenters. The predicted octanol–water partition coefficient (Wildman–Crippen LogP) is 2.07. The SMILES string of the molecule is CCCc1[nH]ncc1C(=O)N1CC2c3ccccc3OC[C@]2(C(=O)O)C1. The average molecular weight is 355 g/mol. The van der Waals surface area contributed by atoms with Gasteiger partial charge in [-0.25, -0.2) is 0 Å². The van der Waals surface area contributed by atoms with E-state index in [2.05, 4.69) is 10.2 Å². The van der Waals surface area contributed by atoms with Crippen molar-refractivity contribution in [1.29, 1.82) is 0 Å². The zero-order valence-electron chi connectivity index (χ0n) is 14.6. The number of fused-ring (bicyclic) bond motifs is 3. The topological polar surface area (TPSA) is 95.5 Å². The Kier molecular flexibility index (Phi) is 3.94. The van der Waals surface area contributed by atoms with Gasteiger partial charge in [-0.3, -0.25) is 14.7 Å². The molecule has 1 aromatic heterocycles. The van der Waals surface area contributed by atoms with E-state index in [9.17, 15) is 14.7 Å². The zero-order chi connectivity index (χ0) is 18.3. The van der Waals surface area contributed by atoms with Gasteiger partial charge in [0.1, 0.15) is 17.8 Å². The molecule has 4 rings (SSSR count). The van der Waals surface area contributed by atoms with Crippen molar-refractivity contribution in [1.82, 2.24) is 15.1 Å². The minimum atomic E-state index is -1.11. The van der Waals surface area contributed by atoms with Gasteiger partial charge in [0.05, 0.1) is 11.8 Å². The van der Waals surface area contributed by atoms with E-state index in [0.29, 0.717) is 17.9 Å². The largest absolute Gasteiger partial charge is 0.492 e. The van der Waals surface area contributed by atoms with E-state index >= 15 is 0 Å². The van der Waals surface area contributed by atoms with Gasteiger partial charge in [-0.2, -0.15) is 5.10 Å². The third-order valence-corrected chi connectivity index (χ3v) is 5.48. The number of carboxylic acids is 1. The van der Waals surface area contributed by atoms with E-state index < -0.39 is 11.4 Å². The number of aliphatic carboxylic acids is 1. The lowest BCUT2D eigenvalue weighted by atomic mass is 9.73. The van der Waals surface area contributed by atoms with Crippen LogP contribution in [0.15, 0.2) is 30.5 Å². The highest BCUT2D eigenvalue weighted by Crippen LogP contribution is 2.49. The highest BCUT2D eigenvalue weighted by atomic mass is 16.5. The van der Waals surface area contributed by atoms with Crippen LogP contribution < -0.4 is 4.74 Å². The summed E-state index contributed by atoms with van der Waals surface area (Å²) in [5, 5.41) is 16.8.